The molecule has 1 unspecified atom stereocenters. The molecule has 5 rings (SSSR count). The lowest BCUT2D eigenvalue weighted by molar-refractivity contribution is -0.254. The van der Waals surface area contributed by atoms with E-state index < -0.39 is 11.6 Å². The molecule has 7 nitrogen and oxygen atoms in total. The number of rotatable bonds is 0. The van der Waals surface area contributed by atoms with Crippen LogP contribution in [0.2, 0.25) is 0 Å². The molecule has 2 N–H and O–H groups in total. The van der Waals surface area contributed by atoms with Crippen LogP contribution in [0.5, 0.6) is 5.88 Å². The normalized spacial score (nSPS) is 26.8. The molecule has 7 heteroatoms. The second-order valence-electron chi connectivity index (χ2n) is 6.56. The van der Waals surface area contributed by atoms with Crippen LogP contribution in [0.1, 0.15) is 37.8 Å². The molecule has 2 aliphatic heterocycles. The van der Waals surface area contributed by atoms with E-state index in [0.717, 1.165) is 36.8 Å². The van der Waals surface area contributed by atoms with Crippen molar-refractivity contribution in [3.8, 4) is 17.0 Å². The molecule has 4 heterocycles. The Morgan fingerprint density at radius 1 is 1.08 bits per heavy atom. The van der Waals surface area contributed by atoms with Gasteiger partial charge in [-0.3, -0.25) is 0 Å². The number of hydrogen-bond donors (Lipinski definition) is 1. The standard InChI is InChI=1S/C17H18N4O3/c18-15-20-9-12-11-5-4-8-19-14(11)23-17(13(12)21-15)10-22-16(24-17)6-2-1-3-7-16/h4-5,8-9H,1-3,6-7,10H2,(H2,18,20,21). The second kappa shape index (κ2) is 4.87. The minimum absolute atomic E-state index is 0.192. The molecule has 1 saturated carbocycles. The average Bonchev–Trinajstić information content (AvgIpc) is 2.94. The topological polar surface area (TPSA) is 92.4 Å². The summed E-state index contributed by atoms with van der Waals surface area (Å²) in [6, 6.07) is 3.79. The molecular weight excluding hydrogens is 308 g/mol. The maximum atomic E-state index is 6.43. The molecule has 2 aromatic rings. The summed E-state index contributed by atoms with van der Waals surface area (Å²) in [5.41, 5.74) is 8.12. The van der Waals surface area contributed by atoms with Gasteiger partial charge in [0.2, 0.25) is 11.8 Å². The lowest BCUT2D eigenvalue weighted by Crippen LogP contribution is -2.43. The van der Waals surface area contributed by atoms with Crippen molar-refractivity contribution in [2.45, 2.75) is 43.7 Å². The van der Waals surface area contributed by atoms with Gasteiger partial charge < -0.3 is 19.9 Å². The SMILES string of the molecule is Nc1ncc2c(n1)C1(COC3(CCCCC3)O1)Oc1ncccc1-2. The van der Waals surface area contributed by atoms with Gasteiger partial charge in [-0.1, -0.05) is 6.42 Å². The number of nitrogens with two attached hydrogens (primary N) is 1. The molecule has 24 heavy (non-hydrogen) atoms. The van der Waals surface area contributed by atoms with Crippen molar-refractivity contribution >= 4 is 5.95 Å². The number of pyridine rings is 1. The Hall–Kier alpha value is -2.25. The van der Waals surface area contributed by atoms with Gasteiger partial charge in [-0.15, -0.1) is 0 Å². The highest BCUT2D eigenvalue weighted by Crippen LogP contribution is 2.51. The molecule has 1 aliphatic carbocycles. The quantitative estimate of drug-likeness (QED) is 0.794. The minimum Gasteiger partial charge on any atom is -0.436 e. The number of anilines is 1. The fourth-order valence-corrected chi connectivity index (χ4v) is 3.85. The lowest BCUT2D eigenvalue weighted by Gasteiger charge is -2.37. The summed E-state index contributed by atoms with van der Waals surface area (Å²) in [7, 11) is 0. The highest BCUT2D eigenvalue weighted by atomic mass is 16.8. The third-order valence-electron chi connectivity index (χ3n) is 4.98. The minimum atomic E-state index is -1.11. The third-order valence-corrected chi connectivity index (χ3v) is 4.98. The van der Waals surface area contributed by atoms with E-state index in [9.17, 15) is 0 Å². The Kier molecular flexibility index (Phi) is 2.87. The first-order valence-electron chi connectivity index (χ1n) is 8.31. The van der Waals surface area contributed by atoms with E-state index in [0.29, 0.717) is 11.6 Å². The van der Waals surface area contributed by atoms with Crippen molar-refractivity contribution in [2.75, 3.05) is 12.3 Å². The van der Waals surface area contributed by atoms with Crippen LogP contribution in [0.15, 0.2) is 24.5 Å². The van der Waals surface area contributed by atoms with Gasteiger partial charge in [0.15, 0.2) is 5.79 Å². The van der Waals surface area contributed by atoms with E-state index in [1.54, 1.807) is 12.4 Å². The van der Waals surface area contributed by atoms with Crippen LogP contribution in [0.25, 0.3) is 11.1 Å². The predicted octanol–water partition coefficient (Wildman–Crippen LogP) is 2.37. The van der Waals surface area contributed by atoms with Crippen LogP contribution >= 0.6 is 0 Å². The second-order valence-corrected chi connectivity index (χ2v) is 6.56. The zero-order chi connectivity index (χ0) is 16.2. The summed E-state index contributed by atoms with van der Waals surface area (Å²) in [6.45, 7) is 0.270. The summed E-state index contributed by atoms with van der Waals surface area (Å²) < 4.78 is 18.7. The van der Waals surface area contributed by atoms with Gasteiger partial charge in [0.1, 0.15) is 12.3 Å². The number of nitrogens with zero attached hydrogens (tertiary/aromatic N) is 3. The first kappa shape index (κ1) is 14.1. The van der Waals surface area contributed by atoms with Crippen LogP contribution in [-0.4, -0.2) is 27.3 Å². The third kappa shape index (κ3) is 1.94. The van der Waals surface area contributed by atoms with Crippen LogP contribution in [-0.2, 0) is 15.3 Å². The maximum absolute atomic E-state index is 6.43. The maximum Gasteiger partial charge on any atom is 0.283 e. The van der Waals surface area contributed by atoms with Gasteiger partial charge in [-0.2, -0.15) is 0 Å². The van der Waals surface area contributed by atoms with E-state index in [-0.39, 0.29) is 12.6 Å². The first-order chi connectivity index (χ1) is 11.7. The van der Waals surface area contributed by atoms with Gasteiger partial charge >= 0.3 is 0 Å². The van der Waals surface area contributed by atoms with E-state index in [2.05, 4.69) is 15.0 Å². The zero-order valence-corrected chi connectivity index (χ0v) is 13.2. The molecule has 0 aromatic carbocycles. The largest absolute Gasteiger partial charge is 0.436 e. The van der Waals surface area contributed by atoms with Crippen molar-refractivity contribution < 1.29 is 14.2 Å². The fourth-order valence-electron chi connectivity index (χ4n) is 3.85. The highest BCUT2D eigenvalue weighted by Gasteiger charge is 2.57. The van der Waals surface area contributed by atoms with Crippen LogP contribution in [0, 0.1) is 0 Å². The molecule has 2 fully saturated rings. The van der Waals surface area contributed by atoms with Crippen LogP contribution in [0.3, 0.4) is 0 Å². The monoisotopic (exact) mass is 326 g/mol. The summed E-state index contributed by atoms with van der Waals surface area (Å²) in [6.07, 6.45) is 8.51. The number of ether oxygens (including phenoxy) is 3. The molecule has 0 bridgehead atoms. The lowest BCUT2D eigenvalue weighted by atomic mass is 9.94. The Morgan fingerprint density at radius 3 is 2.83 bits per heavy atom. The smallest absolute Gasteiger partial charge is 0.283 e. The number of nitrogen functional groups attached to an aromatic ring is 1. The number of fused-ring (bicyclic) bond motifs is 4. The van der Waals surface area contributed by atoms with Gasteiger partial charge in [0, 0.05) is 36.4 Å². The van der Waals surface area contributed by atoms with E-state index in [1.165, 1.54) is 6.42 Å². The Bertz CT molecular complexity index is 806. The molecule has 1 saturated heterocycles. The van der Waals surface area contributed by atoms with Crippen LogP contribution in [0.4, 0.5) is 5.95 Å². The molecule has 0 amide bonds. The summed E-state index contributed by atoms with van der Waals surface area (Å²) in [5.74, 6) is -1.00. The van der Waals surface area contributed by atoms with Gasteiger partial charge in [0.05, 0.1) is 0 Å². The van der Waals surface area contributed by atoms with E-state index >= 15 is 0 Å². The predicted molar refractivity (Wildman–Crippen MR) is 84.8 cm³/mol. The van der Waals surface area contributed by atoms with Crippen molar-refractivity contribution in [1.82, 2.24) is 15.0 Å². The number of hydrogen-bond acceptors (Lipinski definition) is 7. The molecule has 2 aromatic heterocycles. The Labute approximate surface area is 139 Å². The molecule has 3 aliphatic rings. The molecule has 0 radical (unpaired) electrons. The van der Waals surface area contributed by atoms with Crippen molar-refractivity contribution in [3.05, 3.63) is 30.2 Å². The average molecular weight is 326 g/mol. The molecular formula is C17H18N4O3. The molecule has 1 atom stereocenters. The first-order valence-corrected chi connectivity index (χ1v) is 8.31. The van der Waals surface area contributed by atoms with Gasteiger partial charge in [0.25, 0.3) is 5.79 Å². The number of aromatic nitrogens is 3. The summed E-state index contributed by atoms with van der Waals surface area (Å²) in [5, 5.41) is 0. The van der Waals surface area contributed by atoms with Gasteiger partial charge in [-0.05, 0) is 25.0 Å². The molecule has 124 valence electrons. The van der Waals surface area contributed by atoms with Gasteiger partial charge in [-0.25, -0.2) is 15.0 Å². The van der Waals surface area contributed by atoms with Crippen molar-refractivity contribution in [2.24, 2.45) is 0 Å². The van der Waals surface area contributed by atoms with Crippen molar-refractivity contribution in [3.63, 3.8) is 0 Å². The van der Waals surface area contributed by atoms with E-state index in [1.807, 2.05) is 12.1 Å². The molecule has 2 spiro atoms. The fraction of sp³-hybridized carbons (Fsp3) is 0.471. The highest BCUT2D eigenvalue weighted by molar-refractivity contribution is 5.73. The Morgan fingerprint density at radius 2 is 1.96 bits per heavy atom. The van der Waals surface area contributed by atoms with Crippen LogP contribution < -0.4 is 10.5 Å². The van der Waals surface area contributed by atoms with Crippen molar-refractivity contribution in [1.29, 1.82) is 0 Å². The summed E-state index contributed by atoms with van der Waals surface area (Å²) in [4.78, 5) is 12.9. The zero-order valence-electron chi connectivity index (χ0n) is 13.2. The Balaban J connectivity index is 1.65. The van der Waals surface area contributed by atoms with E-state index in [4.69, 9.17) is 19.9 Å². The summed E-state index contributed by atoms with van der Waals surface area (Å²) >= 11 is 0.